The normalized spacial score (nSPS) is 19.6. The van der Waals surface area contributed by atoms with Gasteiger partial charge >= 0.3 is 5.69 Å². The molecule has 18 heavy (non-hydrogen) atoms. The number of imidazole rings is 1. The average Bonchev–Trinajstić information content (AvgIpc) is 2.62. The summed E-state index contributed by atoms with van der Waals surface area (Å²) in [5.41, 5.74) is 1.08. The fourth-order valence-electron chi connectivity index (χ4n) is 2.18. The van der Waals surface area contributed by atoms with E-state index >= 15 is 0 Å². The Kier molecular flexibility index (Phi) is 6.35. The minimum Gasteiger partial charge on any atom is -0.317 e. The first-order valence-corrected chi connectivity index (χ1v) is 6.22. The molecule has 0 radical (unpaired) electrons. The van der Waals surface area contributed by atoms with Crippen LogP contribution in [0.25, 0.3) is 0 Å². The molecule has 0 aliphatic carbocycles. The number of aromatic amines is 1. The van der Waals surface area contributed by atoms with E-state index in [1.807, 2.05) is 11.5 Å². The highest BCUT2D eigenvalue weighted by Gasteiger charge is 2.16. The van der Waals surface area contributed by atoms with Crippen LogP contribution in [-0.2, 0) is 0 Å². The van der Waals surface area contributed by atoms with Gasteiger partial charge in [-0.25, -0.2) is 9.18 Å². The Morgan fingerprint density at radius 3 is 2.83 bits per heavy atom. The van der Waals surface area contributed by atoms with Gasteiger partial charge in [0.2, 0.25) is 0 Å². The summed E-state index contributed by atoms with van der Waals surface area (Å²) in [5, 5.41) is 9.30. The molecule has 1 aromatic heterocycles. The molecular weight excluding hydrogens is 235 g/mol. The van der Waals surface area contributed by atoms with Gasteiger partial charge < -0.3 is 15.7 Å². The number of aromatic nitrogens is 2. The lowest BCUT2D eigenvalue weighted by atomic mass is 10.1. The molecule has 0 amide bonds. The molecule has 2 heterocycles. The van der Waals surface area contributed by atoms with Crippen molar-refractivity contribution in [2.45, 2.75) is 32.2 Å². The smallest absolute Gasteiger partial charge is 0.317 e. The van der Waals surface area contributed by atoms with Crippen LogP contribution < -0.4 is 11.0 Å². The maximum atomic E-state index is 11.5. The van der Waals surface area contributed by atoms with Gasteiger partial charge in [-0.3, -0.25) is 4.57 Å². The number of hydrogen-bond donors (Lipinski definition) is 3. The first-order valence-electron chi connectivity index (χ1n) is 6.22. The zero-order valence-electron chi connectivity index (χ0n) is 10.7. The third-order valence-electron chi connectivity index (χ3n) is 2.99. The van der Waals surface area contributed by atoms with Crippen molar-refractivity contribution < 1.29 is 4.39 Å². The number of alkyl halides is 1. The van der Waals surface area contributed by atoms with Gasteiger partial charge in [-0.1, -0.05) is 0 Å². The van der Waals surface area contributed by atoms with Crippen molar-refractivity contribution in [2.24, 2.45) is 0 Å². The van der Waals surface area contributed by atoms with Crippen LogP contribution in [0.3, 0.4) is 0 Å². The molecule has 0 aromatic carbocycles. The number of hydrogen-bond acceptors (Lipinski definition) is 3. The molecule has 2 rings (SSSR count). The van der Waals surface area contributed by atoms with Crippen LogP contribution >= 0.6 is 0 Å². The summed E-state index contributed by atoms with van der Waals surface area (Å²) < 4.78 is 12.4. The summed E-state index contributed by atoms with van der Waals surface area (Å²) in [6.45, 7) is 3.44. The number of aryl methyl sites for hydroxylation is 1. The van der Waals surface area contributed by atoms with E-state index in [0.29, 0.717) is 12.3 Å². The van der Waals surface area contributed by atoms with E-state index in [0.717, 1.165) is 38.0 Å². The molecule has 0 spiro atoms. The molecule has 1 saturated heterocycles. The SMILES string of the molecule is Cc1c[nH]c(=O)n1C1CCCNCC1.N=CCF. The molecule has 102 valence electrons. The van der Waals surface area contributed by atoms with Crippen molar-refractivity contribution in [1.82, 2.24) is 14.9 Å². The Hall–Kier alpha value is -1.43. The van der Waals surface area contributed by atoms with Gasteiger partial charge in [-0.15, -0.1) is 0 Å². The van der Waals surface area contributed by atoms with E-state index < -0.39 is 6.67 Å². The van der Waals surface area contributed by atoms with E-state index in [9.17, 15) is 9.18 Å². The number of H-pyrrole nitrogens is 1. The van der Waals surface area contributed by atoms with Crippen molar-refractivity contribution >= 4 is 6.21 Å². The second-order valence-corrected chi connectivity index (χ2v) is 4.30. The van der Waals surface area contributed by atoms with Crippen LogP contribution in [-0.4, -0.2) is 35.5 Å². The topological polar surface area (TPSA) is 73.7 Å². The van der Waals surface area contributed by atoms with Crippen LogP contribution in [0.5, 0.6) is 0 Å². The summed E-state index contributed by atoms with van der Waals surface area (Å²) in [7, 11) is 0. The molecule has 1 atom stereocenters. The van der Waals surface area contributed by atoms with Crippen molar-refractivity contribution in [1.29, 1.82) is 5.41 Å². The Morgan fingerprint density at radius 2 is 2.28 bits per heavy atom. The highest BCUT2D eigenvalue weighted by atomic mass is 19.1. The number of nitrogens with zero attached hydrogens (tertiary/aromatic N) is 1. The molecular formula is C12H21FN4O. The van der Waals surface area contributed by atoms with Crippen LogP contribution in [0.1, 0.15) is 31.0 Å². The maximum absolute atomic E-state index is 11.5. The summed E-state index contributed by atoms with van der Waals surface area (Å²) in [5.74, 6) is 0. The molecule has 1 fully saturated rings. The first-order chi connectivity index (χ1) is 8.70. The third kappa shape index (κ3) is 4.10. The lowest BCUT2D eigenvalue weighted by molar-refractivity contribution is 0.436. The van der Waals surface area contributed by atoms with E-state index in [-0.39, 0.29) is 5.69 Å². The summed E-state index contributed by atoms with van der Waals surface area (Å²) in [6, 6.07) is 0.378. The number of nitrogens with one attached hydrogen (secondary N) is 3. The van der Waals surface area contributed by atoms with Gasteiger partial charge in [0.15, 0.2) is 0 Å². The minimum atomic E-state index is -0.639. The predicted octanol–water partition coefficient (Wildman–Crippen LogP) is 1.40. The Balaban J connectivity index is 0.000000357. The standard InChI is InChI=1S/C10H17N3O.C2H4FN/c1-8-7-12-10(14)13(8)9-3-2-5-11-6-4-9;3-1-2-4/h7,9,11H,2-6H2,1H3,(H,12,14);2,4H,1H2. The maximum Gasteiger partial charge on any atom is 0.325 e. The molecule has 1 aliphatic rings. The largest absolute Gasteiger partial charge is 0.325 e. The molecule has 6 heteroatoms. The Morgan fingerprint density at radius 1 is 1.56 bits per heavy atom. The summed E-state index contributed by atoms with van der Waals surface area (Å²) in [4.78, 5) is 14.3. The quantitative estimate of drug-likeness (QED) is 0.700. The van der Waals surface area contributed by atoms with Crippen LogP contribution in [0.2, 0.25) is 0 Å². The second kappa shape index (κ2) is 7.81. The fourth-order valence-corrected chi connectivity index (χ4v) is 2.18. The molecule has 5 nitrogen and oxygen atoms in total. The highest BCUT2D eigenvalue weighted by Crippen LogP contribution is 2.19. The molecule has 0 saturated carbocycles. The molecule has 3 N–H and O–H groups in total. The molecule has 1 aromatic rings. The van der Waals surface area contributed by atoms with Crippen LogP contribution in [0.15, 0.2) is 11.0 Å². The van der Waals surface area contributed by atoms with E-state index in [1.165, 1.54) is 0 Å². The van der Waals surface area contributed by atoms with Gasteiger partial charge in [0, 0.05) is 24.1 Å². The van der Waals surface area contributed by atoms with Gasteiger partial charge in [0.25, 0.3) is 0 Å². The predicted molar refractivity (Wildman–Crippen MR) is 70.3 cm³/mol. The zero-order valence-corrected chi connectivity index (χ0v) is 10.7. The van der Waals surface area contributed by atoms with Gasteiger partial charge in [-0.05, 0) is 39.3 Å². The lowest BCUT2D eigenvalue weighted by Crippen LogP contribution is -2.24. The number of halogens is 1. The first kappa shape index (κ1) is 14.6. The van der Waals surface area contributed by atoms with Crippen molar-refractivity contribution in [3.05, 3.63) is 22.4 Å². The van der Waals surface area contributed by atoms with E-state index in [1.54, 1.807) is 6.20 Å². The molecule has 1 aliphatic heterocycles. The van der Waals surface area contributed by atoms with Crippen LogP contribution in [0.4, 0.5) is 4.39 Å². The van der Waals surface area contributed by atoms with Crippen molar-refractivity contribution in [2.75, 3.05) is 19.8 Å². The molecule has 1 unspecified atom stereocenters. The van der Waals surface area contributed by atoms with Gasteiger partial charge in [-0.2, -0.15) is 0 Å². The Bertz CT molecular complexity index is 404. The number of rotatable bonds is 2. The monoisotopic (exact) mass is 256 g/mol. The van der Waals surface area contributed by atoms with Crippen LogP contribution in [0, 0.1) is 12.3 Å². The third-order valence-corrected chi connectivity index (χ3v) is 2.99. The van der Waals surface area contributed by atoms with Gasteiger partial charge in [0.1, 0.15) is 6.67 Å². The lowest BCUT2D eigenvalue weighted by Gasteiger charge is -2.16. The van der Waals surface area contributed by atoms with E-state index in [2.05, 4.69) is 10.3 Å². The summed E-state index contributed by atoms with van der Waals surface area (Å²) >= 11 is 0. The second-order valence-electron chi connectivity index (χ2n) is 4.30. The average molecular weight is 256 g/mol. The fraction of sp³-hybridized carbons (Fsp3) is 0.667. The van der Waals surface area contributed by atoms with E-state index in [4.69, 9.17) is 5.41 Å². The van der Waals surface area contributed by atoms with Gasteiger partial charge in [0.05, 0.1) is 0 Å². The van der Waals surface area contributed by atoms with Crippen molar-refractivity contribution in [3.63, 3.8) is 0 Å². The zero-order chi connectivity index (χ0) is 13.4. The Labute approximate surface area is 106 Å². The highest BCUT2D eigenvalue weighted by molar-refractivity contribution is 5.53. The minimum absolute atomic E-state index is 0.0365. The van der Waals surface area contributed by atoms with Crippen molar-refractivity contribution in [3.8, 4) is 0 Å². The summed E-state index contributed by atoms with van der Waals surface area (Å²) in [6.07, 6.45) is 5.81. The molecule has 0 bridgehead atoms.